The molecule has 2 amide bonds. The lowest BCUT2D eigenvalue weighted by Gasteiger charge is -2.26. The highest BCUT2D eigenvalue weighted by atomic mass is 19.4. The molecule has 3 aromatic rings. The van der Waals surface area contributed by atoms with Crippen LogP contribution in [0.1, 0.15) is 48.0 Å². The van der Waals surface area contributed by atoms with Gasteiger partial charge in [-0.2, -0.15) is 13.2 Å². The van der Waals surface area contributed by atoms with Crippen molar-refractivity contribution in [2.24, 2.45) is 5.41 Å². The summed E-state index contributed by atoms with van der Waals surface area (Å²) in [6.07, 6.45) is -4.05. The van der Waals surface area contributed by atoms with Gasteiger partial charge in [-0.1, -0.05) is 39.0 Å². The average Bonchev–Trinajstić information content (AvgIpc) is 3.21. The number of nitrogens with one attached hydrogen (secondary N) is 1. The quantitative estimate of drug-likeness (QED) is 0.500. The Hall–Kier alpha value is -3.55. The molecule has 2 heterocycles. The number of anilines is 1. The number of carbonyl (C=O) groups excluding carboxylic acids is 2. The second kappa shape index (κ2) is 8.66. The van der Waals surface area contributed by atoms with E-state index in [0.717, 1.165) is 29.0 Å². The molecule has 1 aliphatic heterocycles. The molecule has 0 bridgehead atoms. The minimum Gasteiger partial charge on any atom is -0.461 e. The van der Waals surface area contributed by atoms with Crippen LogP contribution in [-0.4, -0.2) is 23.3 Å². The van der Waals surface area contributed by atoms with Crippen molar-refractivity contribution < 1.29 is 27.2 Å². The van der Waals surface area contributed by atoms with E-state index in [1.54, 1.807) is 6.07 Å². The molecular formula is C26H25F3N2O3. The predicted molar refractivity (Wildman–Crippen MR) is 122 cm³/mol. The van der Waals surface area contributed by atoms with E-state index in [-0.39, 0.29) is 18.0 Å². The smallest absolute Gasteiger partial charge is 0.416 e. The monoisotopic (exact) mass is 470 g/mol. The van der Waals surface area contributed by atoms with Crippen LogP contribution in [0.5, 0.6) is 0 Å². The maximum Gasteiger partial charge on any atom is 0.416 e. The molecule has 5 nitrogen and oxygen atoms in total. The molecule has 1 aromatic heterocycles. The molecule has 0 saturated carbocycles. The van der Waals surface area contributed by atoms with Crippen molar-refractivity contribution in [1.29, 1.82) is 0 Å². The summed E-state index contributed by atoms with van der Waals surface area (Å²) in [5.41, 5.74) is 0.857. The summed E-state index contributed by atoms with van der Waals surface area (Å²) in [5.74, 6) is 0.788. The van der Waals surface area contributed by atoms with E-state index in [4.69, 9.17) is 4.42 Å². The van der Waals surface area contributed by atoms with Gasteiger partial charge >= 0.3 is 6.18 Å². The molecule has 1 aliphatic rings. The van der Waals surface area contributed by atoms with Gasteiger partial charge in [0, 0.05) is 47.3 Å². The van der Waals surface area contributed by atoms with Crippen LogP contribution < -0.4 is 5.32 Å². The van der Waals surface area contributed by atoms with Crippen molar-refractivity contribution in [3.8, 4) is 11.3 Å². The van der Waals surface area contributed by atoms with Gasteiger partial charge < -0.3 is 14.6 Å². The summed E-state index contributed by atoms with van der Waals surface area (Å²) in [7, 11) is 0. The van der Waals surface area contributed by atoms with Gasteiger partial charge in [-0.15, -0.1) is 0 Å². The Morgan fingerprint density at radius 3 is 2.44 bits per heavy atom. The lowest BCUT2D eigenvalue weighted by molar-refractivity contribution is -0.137. The molecule has 0 fully saturated rings. The molecule has 0 spiro atoms. The van der Waals surface area contributed by atoms with Crippen LogP contribution in [0.15, 0.2) is 59.0 Å². The van der Waals surface area contributed by atoms with E-state index in [2.05, 4.69) is 5.32 Å². The standard InChI is InChI=1S/C26H25F3N2O3/c1-25(2,3)24(33)30-20-9-5-6-16(13-20)22-14-18-15-31(11-10-21(18)34-22)23(32)17-7-4-8-19(12-17)26(27,28)29/h4-9,12-14H,10-11,15H2,1-3H3,(H,30,33). The number of rotatable bonds is 3. The first kappa shape index (κ1) is 23.6. The van der Waals surface area contributed by atoms with E-state index >= 15 is 0 Å². The Bertz CT molecular complexity index is 1240. The zero-order valence-electron chi connectivity index (χ0n) is 19.1. The number of nitrogens with zero attached hydrogens (tertiary/aromatic N) is 1. The van der Waals surface area contributed by atoms with Gasteiger partial charge in [0.25, 0.3) is 5.91 Å². The molecule has 4 rings (SSSR count). The van der Waals surface area contributed by atoms with Crippen molar-refractivity contribution in [3.05, 3.63) is 77.0 Å². The normalized spacial score (nSPS) is 14.0. The molecule has 8 heteroatoms. The fraction of sp³-hybridized carbons (Fsp3) is 0.308. The molecular weight excluding hydrogens is 445 g/mol. The van der Waals surface area contributed by atoms with Gasteiger partial charge in [-0.25, -0.2) is 0 Å². The number of amides is 2. The fourth-order valence-corrected chi connectivity index (χ4v) is 3.73. The van der Waals surface area contributed by atoms with Crippen molar-refractivity contribution in [2.45, 2.75) is 39.9 Å². The number of benzene rings is 2. The van der Waals surface area contributed by atoms with Crippen LogP contribution in [0, 0.1) is 5.41 Å². The van der Waals surface area contributed by atoms with Gasteiger partial charge in [-0.05, 0) is 36.4 Å². The maximum absolute atomic E-state index is 13.0. The minimum atomic E-state index is -4.51. The van der Waals surface area contributed by atoms with Gasteiger partial charge in [0.1, 0.15) is 11.5 Å². The highest BCUT2D eigenvalue weighted by Crippen LogP contribution is 2.33. The third kappa shape index (κ3) is 5.00. The Kier molecular flexibility index (Phi) is 6.02. The summed E-state index contributed by atoms with van der Waals surface area (Å²) in [6.45, 7) is 6.09. The summed E-state index contributed by atoms with van der Waals surface area (Å²) < 4.78 is 45.1. The first-order valence-electron chi connectivity index (χ1n) is 10.9. The largest absolute Gasteiger partial charge is 0.461 e. The average molecular weight is 470 g/mol. The van der Waals surface area contributed by atoms with Gasteiger partial charge in [-0.3, -0.25) is 9.59 Å². The van der Waals surface area contributed by atoms with Gasteiger partial charge in [0.05, 0.1) is 5.56 Å². The van der Waals surface area contributed by atoms with Crippen LogP contribution >= 0.6 is 0 Å². The van der Waals surface area contributed by atoms with Crippen LogP contribution in [0.2, 0.25) is 0 Å². The number of hydrogen-bond donors (Lipinski definition) is 1. The topological polar surface area (TPSA) is 62.6 Å². The molecule has 178 valence electrons. The first-order chi connectivity index (χ1) is 15.9. The Balaban J connectivity index is 1.52. The van der Waals surface area contributed by atoms with Crippen LogP contribution in [0.4, 0.5) is 18.9 Å². The molecule has 0 unspecified atom stereocenters. The van der Waals surface area contributed by atoms with E-state index in [9.17, 15) is 22.8 Å². The number of carbonyl (C=O) groups is 2. The molecule has 0 saturated heterocycles. The third-order valence-electron chi connectivity index (χ3n) is 5.68. The second-order valence-corrected chi connectivity index (χ2v) is 9.40. The molecule has 2 aromatic carbocycles. The zero-order chi connectivity index (χ0) is 24.7. The lowest BCUT2D eigenvalue weighted by atomic mass is 9.95. The van der Waals surface area contributed by atoms with Crippen molar-refractivity contribution in [2.75, 3.05) is 11.9 Å². The number of fused-ring (bicyclic) bond motifs is 1. The first-order valence-corrected chi connectivity index (χ1v) is 10.9. The lowest BCUT2D eigenvalue weighted by Crippen LogP contribution is -2.35. The number of halogens is 3. The molecule has 0 aliphatic carbocycles. The molecule has 0 atom stereocenters. The number of alkyl halides is 3. The summed E-state index contributed by atoms with van der Waals surface area (Å²) >= 11 is 0. The highest BCUT2D eigenvalue weighted by molar-refractivity contribution is 5.95. The van der Waals surface area contributed by atoms with Crippen LogP contribution in [-0.2, 0) is 23.9 Å². The van der Waals surface area contributed by atoms with Crippen molar-refractivity contribution >= 4 is 17.5 Å². The van der Waals surface area contributed by atoms with Gasteiger partial charge in [0.2, 0.25) is 5.91 Å². The van der Waals surface area contributed by atoms with Crippen molar-refractivity contribution in [3.63, 3.8) is 0 Å². The molecule has 34 heavy (non-hydrogen) atoms. The van der Waals surface area contributed by atoms with E-state index < -0.39 is 23.1 Å². The summed E-state index contributed by atoms with van der Waals surface area (Å²) in [4.78, 5) is 26.7. The molecule has 0 radical (unpaired) electrons. The SMILES string of the molecule is CC(C)(C)C(=O)Nc1cccc(-c2cc3c(o2)CCN(C(=O)c2cccc(C(F)(F)F)c2)C3)c1. The summed E-state index contributed by atoms with van der Waals surface area (Å²) in [5, 5.41) is 2.90. The number of furan rings is 1. The Morgan fingerprint density at radius 1 is 1.00 bits per heavy atom. The van der Waals surface area contributed by atoms with E-state index in [1.165, 1.54) is 17.0 Å². The zero-order valence-corrected chi connectivity index (χ0v) is 19.1. The number of hydrogen-bond acceptors (Lipinski definition) is 3. The Morgan fingerprint density at radius 2 is 1.74 bits per heavy atom. The van der Waals surface area contributed by atoms with Gasteiger partial charge in [0.15, 0.2) is 0 Å². The minimum absolute atomic E-state index is 0.00397. The fourth-order valence-electron chi connectivity index (χ4n) is 3.73. The highest BCUT2D eigenvalue weighted by Gasteiger charge is 2.32. The van der Waals surface area contributed by atoms with E-state index in [0.29, 0.717) is 24.4 Å². The van der Waals surface area contributed by atoms with Crippen LogP contribution in [0.25, 0.3) is 11.3 Å². The third-order valence-corrected chi connectivity index (χ3v) is 5.68. The van der Waals surface area contributed by atoms with Crippen molar-refractivity contribution in [1.82, 2.24) is 4.90 Å². The summed E-state index contributed by atoms with van der Waals surface area (Å²) in [6, 6.07) is 13.6. The maximum atomic E-state index is 13.0. The van der Waals surface area contributed by atoms with E-state index in [1.807, 2.05) is 45.0 Å². The predicted octanol–water partition coefficient (Wildman–Crippen LogP) is 6.15. The molecule has 1 N–H and O–H groups in total. The van der Waals surface area contributed by atoms with Crippen LogP contribution in [0.3, 0.4) is 0 Å². The second-order valence-electron chi connectivity index (χ2n) is 9.40. The Labute approximate surface area is 195 Å².